The molecular weight excluding hydrogens is 457 g/mol. The smallest absolute Gasteiger partial charge is 0.191 e. The third kappa shape index (κ3) is 9.76. The summed E-state index contributed by atoms with van der Waals surface area (Å²) in [5, 5.41) is 16.2. The molecule has 0 unspecified atom stereocenters. The largest absolute Gasteiger partial charge is 0.396 e. The van der Waals surface area contributed by atoms with Gasteiger partial charge < -0.3 is 25.2 Å². The van der Waals surface area contributed by atoms with Crippen molar-refractivity contribution in [1.29, 1.82) is 0 Å². The molecule has 0 aromatic heterocycles. The molecule has 2 aliphatic rings. The quantitative estimate of drug-likeness (QED) is 0.187. The third-order valence-corrected chi connectivity index (χ3v) is 5.61. The van der Waals surface area contributed by atoms with Crippen LogP contribution < -0.4 is 10.6 Å². The fourth-order valence-corrected chi connectivity index (χ4v) is 3.99. The van der Waals surface area contributed by atoms with Crippen molar-refractivity contribution in [2.75, 3.05) is 46.1 Å². The molecular formula is C20H40IN3O3. The number of aliphatic hydroxyl groups is 1. The highest BCUT2D eigenvalue weighted by Gasteiger charge is 2.31. The first-order valence-electron chi connectivity index (χ1n) is 10.6. The van der Waals surface area contributed by atoms with E-state index in [1.807, 2.05) is 0 Å². The highest BCUT2D eigenvalue weighted by Crippen LogP contribution is 2.39. The molecule has 7 heteroatoms. The first-order chi connectivity index (χ1) is 12.8. The summed E-state index contributed by atoms with van der Waals surface area (Å²) in [4.78, 5) is 4.84. The maximum absolute atomic E-state index is 9.46. The van der Waals surface area contributed by atoms with Gasteiger partial charge in [0.15, 0.2) is 5.96 Å². The minimum Gasteiger partial charge on any atom is -0.396 e. The highest BCUT2D eigenvalue weighted by molar-refractivity contribution is 14.0. The second-order valence-electron chi connectivity index (χ2n) is 7.69. The lowest BCUT2D eigenvalue weighted by Crippen LogP contribution is -2.39. The molecule has 2 fully saturated rings. The van der Waals surface area contributed by atoms with E-state index in [2.05, 4.69) is 17.6 Å². The van der Waals surface area contributed by atoms with Gasteiger partial charge in [0.05, 0.1) is 6.10 Å². The van der Waals surface area contributed by atoms with Crippen molar-refractivity contribution in [3.8, 4) is 0 Å². The molecule has 3 N–H and O–H groups in total. The Morgan fingerprint density at radius 3 is 2.59 bits per heavy atom. The lowest BCUT2D eigenvalue weighted by molar-refractivity contribution is -0.0320. The van der Waals surface area contributed by atoms with Crippen LogP contribution in [0.5, 0.6) is 0 Å². The molecule has 6 nitrogen and oxygen atoms in total. The molecule has 1 aliphatic heterocycles. The van der Waals surface area contributed by atoms with Gasteiger partial charge in [-0.05, 0) is 50.9 Å². The second kappa shape index (κ2) is 14.8. The van der Waals surface area contributed by atoms with Gasteiger partial charge in [-0.2, -0.15) is 0 Å². The molecule has 0 bridgehead atoms. The summed E-state index contributed by atoms with van der Waals surface area (Å²) < 4.78 is 11.3. The predicted molar refractivity (Wildman–Crippen MR) is 121 cm³/mol. The average Bonchev–Trinajstić information content (AvgIpc) is 2.67. The molecule has 0 atom stereocenters. The van der Waals surface area contributed by atoms with Gasteiger partial charge in [0.25, 0.3) is 0 Å². The summed E-state index contributed by atoms with van der Waals surface area (Å²) in [6.07, 6.45) is 10.5. The number of hydrogen-bond donors (Lipinski definition) is 3. The van der Waals surface area contributed by atoms with Gasteiger partial charge >= 0.3 is 0 Å². The Labute approximate surface area is 182 Å². The van der Waals surface area contributed by atoms with E-state index in [0.717, 1.165) is 71.1 Å². The Hall–Kier alpha value is -0.120. The second-order valence-corrected chi connectivity index (χ2v) is 7.69. The van der Waals surface area contributed by atoms with E-state index in [1.54, 1.807) is 0 Å². The van der Waals surface area contributed by atoms with Crippen molar-refractivity contribution in [1.82, 2.24) is 10.6 Å². The van der Waals surface area contributed by atoms with Gasteiger partial charge in [0.2, 0.25) is 0 Å². The van der Waals surface area contributed by atoms with Gasteiger partial charge in [-0.1, -0.05) is 19.3 Å². The van der Waals surface area contributed by atoms with Crippen LogP contribution in [0.25, 0.3) is 0 Å². The number of ether oxygens (including phenoxy) is 2. The summed E-state index contributed by atoms with van der Waals surface area (Å²) in [6.45, 7) is 7.33. The van der Waals surface area contributed by atoms with Crippen molar-refractivity contribution >= 4 is 29.9 Å². The lowest BCUT2D eigenvalue weighted by Gasteiger charge is -2.35. The molecule has 0 amide bonds. The van der Waals surface area contributed by atoms with Crippen LogP contribution >= 0.6 is 24.0 Å². The van der Waals surface area contributed by atoms with Gasteiger partial charge in [-0.25, -0.2) is 0 Å². The summed E-state index contributed by atoms with van der Waals surface area (Å²) in [5.74, 6) is 0.890. The standard InChI is InChI=1S/C20H39N3O3.HI/c1-2-21-19(22-12-6-14-26-18-7-15-25-16-8-18)23-17-20(11-13-24)9-4-3-5-10-20;/h18,24H,2-17H2,1H3,(H2,21,22,23);1H. The zero-order valence-electron chi connectivity index (χ0n) is 17.0. The predicted octanol–water partition coefficient (Wildman–Crippen LogP) is 3.08. The van der Waals surface area contributed by atoms with E-state index < -0.39 is 0 Å². The van der Waals surface area contributed by atoms with E-state index in [9.17, 15) is 5.11 Å². The maximum atomic E-state index is 9.46. The number of nitrogens with one attached hydrogen (secondary N) is 2. The normalized spacial score (nSPS) is 20.7. The zero-order chi connectivity index (χ0) is 18.5. The van der Waals surface area contributed by atoms with Crippen LogP contribution in [0, 0.1) is 5.41 Å². The van der Waals surface area contributed by atoms with E-state index >= 15 is 0 Å². The van der Waals surface area contributed by atoms with Crippen LogP contribution in [-0.2, 0) is 9.47 Å². The molecule has 0 aromatic carbocycles. The number of halogens is 1. The number of hydrogen-bond acceptors (Lipinski definition) is 4. The molecule has 0 aromatic rings. The minimum absolute atomic E-state index is 0. The lowest BCUT2D eigenvalue weighted by atomic mass is 9.72. The molecule has 1 aliphatic carbocycles. The molecule has 1 saturated heterocycles. The summed E-state index contributed by atoms with van der Waals surface area (Å²) in [6, 6.07) is 0. The van der Waals surface area contributed by atoms with Crippen LogP contribution in [0.2, 0.25) is 0 Å². The molecule has 0 radical (unpaired) electrons. The Morgan fingerprint density at radius 2 is 1.93 bits per heavy atom. The fourth-order valence-electron chi connectivity index (χ4n) is 3.99. The van der Waals surface area contributed by atoms with Crippen molar-refractivity contribution in [2.24, 2.45) is 10.4 Å². The van der Waals surface area contributed by atoms with Crippen LogP contribution in [0.4, 0.5) is 0 Å². The van der Waals surface area contributed by atoms with Crippen LogP contribution in [0.3, 0.4) is 0 Å². The van der Waals surface area contributed by atoms with E-state index in [1.165, 1.54) is 32.1 Å². The number of guanidine groups is 1. The maximum Gasteiger partial charge on any atom is 0.191 e. The molecule has 160 valence electrons. The Morgan fingerprint density at radius 1 is 1.19 bits per heavy atom. The summed E-state index contributed by atoms with van der Waals surface area (Å²) in [5.41, 5.74) is 0.196. The van der Waals surface area contributed by atoms with E-state index in [0.29, 0.717) is 6.10 Å². The summed E-state index contributed by atoms with van der Waals surface area (Å²) in [7, 11) is 0. The van der Waals surface area contributed by atoms with Crippen molar-refractivity contribution in [3.05, 3.63) is 0 Å². The molecule has 0 spiro atoms. The average molecular weight is 497 g/mol. The van der Waals surface area contributed by atoms with Crippen molar-refractivity contribution in [3.63, 3.8) is 0 Å². The summed E-state index contributed by atoms with van der Waals surface area (Å²) >= 11 is 0. The molecule has 1 saturated carbocycles. The third-order valence-electron chi connectivity index (χ3n) is 5.61. The SMILES string of the molecule is CCNC(=NCC1(CCO)CCCCC1)NCCCOC1CCOCC1.I. The highest BCUT2D eigenvalue weighted by atomic mass is 127. The Balaban J connectivity index is 0.00000364. The van der Waals surface area contributed by atoms with Crippen molar-refractivity contribution < 1.29 is 14.6 Å². The van der Waals surface area contributed by atoms with Gasteiger partial charge in [0.1, 0.15) is 0 Å². The number of nitrogens with zero attached hydrogens (tertiary/aromatic N) is 1. The Bertz CT molecular complexity index is 392. The number of aliphatic imine (C=N–C) groups is 1. The number of aliphatic hydroxyl groups excluding tert-OH is 1. The monoisotopic (exact) mass is 497 g/mol. The topological polar surface area (TPSA) is 75.1 Å². The zero-order valence-corrected chi connectivity index (χ0v) is 19.3. The van der Waals surface area contributed by atoms with Crippen molar-refractivity contribution in [2.45, 2.75) is 70.8 Å². The van der Waals surface area contributed by atoms with Crippen LogP contribution in [-0.4, -0.2) is 63.2 Å². The first kappa shape index (κ1) is 24.9. The molecule has 27 heavy (non-hydrogen) atoms. The van der Waals surface area contributed by atoms with Gasteiger partial charge in [-0.15, -0.1) is 24.0 Å². The van der Waals surface area contributed by atoms with Crippen LogP contribution in [0.15, 0.2) is 4.99 Å². The van der Waals surface area contributed by atoms with Crippen LogP contribution in [0.1, 0.15) is 64.7 Å². The first-order valence-corrected chi connectivity index (χ1v) is 10.6. The number of rotatable bonds is 10. The van der Waals surface area contributed by atoms with E-state index in [4.69, 9.17) is 14.5 Å². The van der Waals surface area contributed by atoms with E-state index in [-0.39, 0.29) is 36.0 Å². The van der Waals surface area contributed by atoms with Gasteiger partial charge in [0, 0.05) is 46.1 Å². The minimum atomic E-state index is 0. The van der Waals surface area contributed by atoms with Gasteiger partial charge in [-0.3, -0.25) is 4.99 Å². The Kier molecular flexibility index (Phi) is 13.7. The molecule has 2 rings (SSSR count). The molecule has 1 heterocycles. The fraction of sp³-hybridized carbons (Fsp3) is 0.950.